The Hall–Kier alpha value is -1.42. The molecule has 3 nitrogen and oxygen atoms in total. The highest BCUT2D eigenvalue weighted by molar-refractivity contribution is 7.18. The number of nitrogens with one attached hydrogen (secondary N) is 1. The fraction of sp³-hybridized carbons (Fsp3) is 0.579. The molecule has 4 saturated carbocycles. The van der Waals surface area contributed by atoms with Crippen LogP contribution in [0.2, 0.25) is 0 Å². The molecule has 4 bridgehead atoms. The smallest absolute Gasteiger partial charge is 0.224 e. The maximum atomic E-state index is 12.8. The van der Waals surface area contributed by atoms with Crippen LogP contribution in [0.4, 0.5) is 0 Å². The third-order valence-electron chi connectivity index (χ3n) is 6.28. The van der Waals surface area contributed by atoms with Crippen molar-refractivity contribution in [1.29, 1.82) is 0 Å². The highest BCUT2D eigenvalue weighted by Crippen LogP contribution is 2.56. The molecule has 0 spiro atoms. The molecule has 6 rings (SSSR count). The molecule has 120 valence electrons. The van der Waals surface area contributed by atoms with Gasteiger partial charge in [-0.05, 0) is 67.9 Å². The lowest BCUT2D eigenvalue weighted by atomic mass is 9.51. The molecule has 4 aliphatic rings. The molecule has 0 saturated heterocycles. The van der Waals surface area contributed by atoms with Gasteiger partial charge in [0.15, 0.2) is 0 Å². The number of fused-ring (bicyclic) bond motifs is 1. The first kappa shape index (κ1) is 14.0. The van der Waals surface area contributed by atoms with Gasteiger partial charge in [-0.3, -0.25) is 4.79 Å². The summed E-state index contributed by atoms with van der Waals surface area (Å²) in [5.41, 5.74) is 1.04. The number of aromatic nitrogens is 1. The van der Waals surface area contributed by atoms with Crippen LogP contribution in [0, 0.1) is 29.6 Å². The summed E-state index contributed by atoms with van der Waals surface area (Å²) in [7, 11) is 0. The Morgan fingerprint density at radius 2 is 1.78 bits per heavy atom. The minimum absolute atomic E-state index is 0.275. The quantitative estimate of drug-likeness (QED) is 0.927. The molecule has 0 aliphatic heterocycles. The lowest BCUT2D eigenvalue weighted by Crippen LogP contribution is -2.50. The number of carbonyl (C=O) groups is 1. The van der Waals surface area contributed by atoms with E-state index in [1.54, 1.807) is 11.3 Å². The molecule has 4 aliphatic carbocycles. The van der Waals surface area contributed by atoms with Crippen LogP contribution in [0.3, 0.4) is 0 Å². The number of carbonyl (C=O) groups excluding carboxylic acids is 1. The molecule has 1 aromatic heterocycles. The molecular formula is C19H22N2OS. The average molecular weight is 326 g/mol. The third kappa shape index (κ3) is 2.38. The summed E-state index contributed by atoms with van der Waals surface area (Å²) in [4.78, 5) is 17.4. The van der Waals surface area contributed by atoms with Gasteiger partial charge in [-0.2, -0.15) is 0 Å². The van der Waals surface area contributed by atoms with E-state index in [4.69, 9.17) is 0 Å². The van der Waals surface area contributed by atoms with E-state index in [1.165, 1.54) is 36.8 Å². The summed E-state index contributed by atoms with van der Waals surface area (Å²) in [5.74, 6) is 3.72. The minimum atomic E-state index is 0.275. The highest BCUT2D eigenvalue weighted by atomic mass is 32.1. The van der Waals surface area contributed by atoms with Gasteiger partial charge in [-0.1, -0.05) is 12.1 Å². The maximum Gasteiger partial charge on any atom is 0.224 e. The molecular weight excluding hydrogens is 304 g/mol. The summed E-state index contributed by atoms with van der Waals surface area (Å²) in [5, 5.41) is 4.21. The van der Waals surface area contributed by atoms with Crippen LogP contribution in [-0.4, -0.2) is 10.9 Å². The molecule has 0 atom stereocenters. The molecule has 1 N–H and O–H groups in total. The van der Waals surface area contributed by atoms with E-state index in [9.17, 15) is 4.79 Å². The van der Waals surface area contributed by atoms with E-state index in [2.05, 4.69) is 16.4 Å². The summed E-state index contributed by atoms with van der Waals surface area (Å²) in [6, 6.07) is 8.18. The van der Waals surface area contributed by atoms with Gasteiger partial charge < -0.3 is 5.32 Å². The van der Waals surface area contributed by atoms with Gasteiger partial charge in [-0.25, -0.2) is 4.98 Å². The maximum absolute atomic E-state index is 12.8. The molecule has 0 radical (unpaired) electrons. The van der Waals surface area contributed by atoms with E-state index in [0.29, 0.717) is 18.4 Å². The lowest BCUT2D eigenvalue weighted by molar-refractivity contribution is -0.138. The van der Waals surface area contributed by atoms with Crippen molar-refractivity contribution in [3.8, 4) is 0 Å². The van der Waals surface area contributed by atoms with E-state index in [-0.39, 0.29) is 11.8 Å². The van der Waals surface area contributed by atoms with Crippen molar-refractivity contribution in [1.82, 2.24) is 10.3 Å². The first-order chi connectivity index (χ1) is 11.3. The second-order valence-electron chi connectivity index (χ2n) is 7.75. The van der Waals surface area contributed by atoms with E-state index in [0.717, 1.165) is 22.4 Å². The predicted octanol–water partition coefficient (Wildman–Crippen LogP) is 3.98. The third-order valence-corrected chi connectivity index (χ3v) is 7.32. The fourth-order valence-corrected chi connectivity index (χ4v) is 6.54. The van der Waals surface area contributed by atoms with Gasteiger partial charge in [0.1, 0.15) is 5.01 Å². The van der Waals surface area contributed by atoms with Crippen molar-refractivity contribution in [2.24, 2.45) is 29.6 Å². The standard InChI is InChI=1S/C19H22N2OS/c22-19(18-13-6-11-5-12(8-13)9-14(18)7-11)20-10-17-21-15-3-1-2-4-16(15)23-17/h1-4,11-14,18H,5-10H2,(H,20,22). The number of rotatable bonds is 3. The molecule has 2 aromatic rings. The Morgan fingerprint density at radius 1 is 1.09 bits per heavy atom. The normalized spacial score (nSPS) is 34.9. The van der Waals surface area contributed by atoms with Crippen LogP contribution >= 0.6 is 11.3 Å². The summed E-state index contributed by atoms with van der Waals surface area (Å²) >= 11 is 1.69. The topological polar surface area (TPSA) is 42.0 Å². The Balaban J connectivity index is 1.28. The van der Waals surface area contributed by atoms with Crippen molar-refractivity contribution in [2.75, 3.05) is 0 Å². The highest BCUT2D eigenvalue weighted by Gasteiger charge is 2.50. The van der Waals surface area contributed by atoms with Crippen molar-refractivity contribution in [2.45, 2.75) is 38.6 Å². The lowest BCUT2D eigenvalue weighted by Gasteiger charge is -2.53. The van der Waals surface area contributed by atoms with Gasteiger partial charge in [0.05, 0.1) is 16.8 Å². The number of hydrogen-bond donors (Lipinski definition) is 1. The predicted molar refractivity (Wildman–Crippen MR) is 92.0 cm³/mol. The van der Waals surface area contributed by atoms with Gasteiger partial charge in [0.2, 0.25) is 5.91 Å². The van der Waals surface area contributed by atoms with Crippen LogP contribution in [0.5, 0.6) is 0 Å². The monoisotopic (exact) mass is 326 g/mol. The zero-order valence-electron chi connectivity index (χ0n) is 13.2. The number of thiazole rings is 1. The molecule has 23 heavy (non-hydrogen) atoms. The van der Waals surface area contributed by atoms with E-state index in [1.807, 2.05) is 18.2 Å². The van der Waals surface area contributed by atoms with Crippen molar-refractivity contribution in [3.05, 3.63) is 29.3 Å². The molecule has 4 heteroatoms. The largest absolute Gasteiger partial charge is 0.349 e. The minimum Gasteiger partial charge on any atom is -0.349 e. The Morgan fingerprint density at radius 3 is 2.48 bits per heavy atom. The van der Waals surface area contributed by atoms with Crippen LogP contribution in [0.25, 0.3) is 10.2 Å². The number of amides is 1. The first-order valence-corrected chi connectivity index (χ1v) is 9.70. The van der Waals surface area contributed by atoms with Crippen LogP contribution in [0.1, 0.15) is 37.1 Å². The summed E-state index contributed by atoms with van der Waals surface area (Å²) in [6.07, 6.45) is 6.63. The van der Waals surface area contributed by atoms with Gasteiger partial charge in [0.25, 0.3) is 0 Å². The number of hydrogen-bond acceptors (Lipinski definition) is 3. The Kier molecular flexibility index (Phi) is 3.22. The fourth-order valence-electron chi connectivity index (χ4n) is 5.63. The van der Waals surface area contributed by atoms with Crippen LogP contribution in [0.15, 0.2) is 24.3 Å². The number of nitrogens with zero attached hydrogens (tertiary/aromatic N) is 1. The van der Waals surface area contributed by atoms with Gasteiger partial charge >= 0.3 is 0 Å². The average Bonchev–Trinajstić information content (AvgIpc) is 2.95. The molecule has 1 aromatic carbocycles. The number of benzene rings is 1. The second kappa shape index (κ2) is 5.30. The first-order valence-electron chi connectivity index (χ1n) is 8.88. The molecule has 4 fully saturated rings. The zero-order valence-corrected chi connectivity index (χ0v) is 14.0. The second-order valence-corrected chi connectivity index (χ2v) is 8.86. The zero-order chi connectivity index (χ0) is 15.4. The van der Waals surface area contributed by atoms with Gasteiger partial charge in [0, 0.05) is 5.92 Å². The van der Waals surface area contributed by atoms with Crippen LogP contribution in [-0.2, 0) is 11.3 Å². The summed E-state index contributed by atoms with van der Waals surface area (Å²) in [6.45, 7) is 0.584. The molecule has 1 heterocycles. The van der Waals surface area contributed by atoms with Crippen LogP contribution < -0.4 is 5.32 Å². The Labute approximate surface area is 140 Å². The van der Waals surface area contributed by atoms with Crippen molar-refractivity contribution >= 4 is 27.5 Å². The molecule has 0 unspecified atom stereocenters. The Bertz CT molecular complexity index is 692. The van der Waals surface area contributed by atoms with Crippen molar-refractivity contribution in [3.63, 3.8) is 0 Å². The van der Waals surface area contributed by atoms with Gasteiger partial charge in [-0.15, -0.1) is 11.3 Å². The van der Waals surface area contributed by atoms with E-state index < -0.39 is 0 Å². The van der Waals surface area contributed by atoms with Crippen molar-refractivity contribution < 1.29 is 4.79 Å². The molecule has 1 amide bonds. The SMILES string of the molecule is O=C(NCc1nc2ccccc2s1)C1C2CC3CC(C2)CC1C3. The summed E-state index contributed by atoms with van der Waals surface area (Å²) < 4.78 is 1.20. The number of para-hydroxylation sites is 1. The van der Waals surface area contributed by atoms with E-state index >= 15 is 0 Å².